The molecule has 0 amide bonds. The Hall–Kier alpha value is -1.31. The summed E-state index contributed by atoms with van der Waals surface area (Å²) in [5.41, 5.74) is 2.17. The highest BCUT2D eigenvalue weighted by Gasteiger charge is 2.04. The van der Waals surface area contributed by atoms with Crippen LogP contribution >= 0.6 is 0 Å². The number of aliphatic hydroxyl groups is 1. The molecule has 0 bridgehead atoms. The average Bonchev–Trinajstić information content (AvgIpc) is 2.14. The molecule has 0 aliphatic heterocycles. The molecule has 0 radical (unpaired) electrons. The molecule has 0 aromatic heterocycles. The van der Waals surface area contributed by atoms with E-state index >= 15 is 0 Å². The standard InChI is InChI=1S/C11H15NO/c1-3-12-8-9(2)10-5-4-6-11(13)7-10/h3,5,7-8,13H,4,6H2,1-2H3/b9-8-,12-3?. The number of nitrogens with zero attached hydrogens (tertiary/aromatic N) is 1. The van der Waals surface area contributed by atoms with Crippen LogP contribution in [0.5, 0.6) is 0 Å². The molecule has 0 aromatic carbocycles. The van der Waals surface area contributed by atoms with Crippen molar-refractivity contribution in [2.45, 2.75) is 26.7 Å². The summed E-state index contributed by atoms with van der Waals surface area (Å²) in [7, 11) is 0. The van der Waals surface area contributed by atoms with Gasteiger partial charge in [0.05, 0.1) is 5.76 Å². The summed E-state index contributed by atoms with van der Waals surface area (Å²) in [4.78, 5) is 4.03. The smallest absolute Gasteiger partial charge is 0.0931 e. The molecule has 1 aliphatic rings. The van der Waals surface area contributed by atoms with Gasteiger partial charge in [0.1, 0.15) is 0 Å². The van der Waals surface area contributed by atoms with Crippen LogP contribution in [0.15, 0.2) is 40.2 Å². The number of hydrogen-bond donors (Lipinski definition) is 1. The number of rotatable bonds is 2. The van der Waals surface area contributed by atoms with Crippen LogP contribution in [0.3, 0.4) is 0 Å². The van der Waals surface area contributed by atoms with Gasteiger partial charge in [-0.05, 0) is 37.5 Å². The van der Waals surface area contributed by atoms with E-state index in [-0.39, 0.29) is 0 Å². The molecule has 70 valence electrons. The van der Waals surface area contributed by atoms with Gasteiger partial charge < -0.3 is 5.11 Å². The van der Waals surface area contributed by atoms with Gasteiger partial charge in [0.25, 0.3) is 0 Å². The van der Waals surface area contributed by atoms with Gasteiger partial charge in [-0.25, -0.2) is 0 Å². The summed E-state index contributed by atoms with van der Waals surface area (Å²) in [6, 6.07) is 0. The highest BCUT2D eigenvalue weighted by Crippen LogP contribution is 2.20. The summed E-state index contributed by atoms with van der Waals surface area (Å²) >= 11 is 0. The van der Waals surface area contributed by atoms with Crippen molar-refractivity contribution in [3.8, 4) is 0 Å². The fourth-order valence-corrected chi connectivity index (χ4v) is 1.22. The lowest BCUT2D eigenvalue weighted by molar-refractivity contribution is 0.386. The lowest BCUT2D eigenvalue weighted by Crippen LogP contribution is -1.92. The lowest BCUT2D eigenvalue weighted by atomic mass is 10.0. The van der Waals surface area contributed by atoms with E-state index < -0.39 is 0 Å². The highest BCUT2D eigenvalue weighted by molar-refractivity contribution is 5.55. The second kappa shape index (κ2) is 4.65. The largest absolute Gasteiger partial charge is 0.512 e. The van der Waals surface area contributed by atoms with Crippen molar-refractivity contribution in [2.24, 2.45) is 4.99 Å². The Labute approximate surface area is 79.0 Å². The third-order valence-corrected chi connectivity index (χ3v) is 1.96. The molecule has 1 aliphatic carbocycles. The minimum atomic E-state index is 0.464. The first-order valence-corrected chi connectivity index (χ1v) is 4.48. The molecule has 0 spiro atoms. The maximum Gasteiger partial charge on any atom is 0.0931 e. The van der Waals surface area contributed by atoms with Gasteiger partial charge >= 0.3 is 0 Å². The van der Waals surface area contributed by atoms with E-state index in [1.165, 1.54) is 0 Å². The fourth-order valence-electron chi connectivity index (χ4n) is 1.22. The van der Waals surface area contributed by atoms with Crippen LogP contribution in [0.25, 0.3) is 0 Å². The van der Waals surface area contributed by atoms with Crippen LogP contribution in [0.4, 0.5) is 0 Å². The first-order valence-electron chi connectivity index (χ1n) is 4.48. The van der Waals surface area contributed by atoms with E-state index in [1.807, 2.05) is 13.8 Å². The van der Waals surface area contributed by atoms with Crippen molar-refractivity contribution in [3.63, 3.8) is 0 Å². The van der Waals surface area contributed by atoms with Crippen LogP contribution in [0.2, 0.25) is 0 Å². The van der Waals surface area contributed by atoms with Gasteiger partial charge in [-0.15, -0.1) is 0 Å². The molecule has 0 unspecified atom stereocenters. The molecule has 0 heterocycles. The fraction of sp³-hybridized carbons (Fsp3) is 0.364. The Morgan fingerprint density at radius 1 is 1.62 bits per heavy atom. The second-order valence-corrected chi connectivity index (χ2v) is 3.05. The van der Waals surface area contributed by atoms with Crippen molar-refractivity contribution in [3.05, 3.63) is 35.3 Å². The molecule has 13 heavy (non-hydrogen) atoms. The number of aliphatic hydroxyl groups excluding tert-OH is 1. The van der Waals surface area contributed by atoms with Gasteiger partial charge in [-0.1, -0.05) is 6.08 Å². The van der Waals surface area contributed by atoms with Gasteiger partial charge in [-0.3, -0.25) is 4.99 Å². The first-order chi connectivity index (χ1) is 6.24. The normalized spacial score (nSPS) is 18.8. The van der Waals surface area contributed by atoms with Crippen molar-refractivity contribution >= 4 is 6.21 Å². The number of aliphatic imine (C=N–C) groups is 1. The maximum atomic E-state index is 9.31. The Balaban J connectivity index is 2.78. The molecule has 2 nitrogen and oxygen atoms in total. The van der Waals surface area contributed by atoms with Crippen LogP contribution < -0.4 is 0 Å². The Bertz CT molecular complexity index is 295. The van der Waals surface area contributed by atoms with E-state index in [9.17, 15) is 5.11 Å². The predicted octanol–water partition coefficient (Wildman–Crippen LogP) is 3.14. The van der Waals surface area contributed by atoms with Crippen molar-refractivity contribution < 1.29 is 5.11 Å². The average molecular weight is 177 g/mol. The molecule has 0 aromatic rings. The third kappa shape index (κ3) is 2.90. The van der Waals surface area contributed by atoms with Gasteiger partial charge in [0, 0.05) is 18.8 Å². The maximum absolute atomic E-state index is 9.31. The van der Waals surface area contributed by atoms with E-state index in [0.29, 0.717) is 5.76 Å². The minimum Gasteiger partial charge on any atom is -0.512 e. The molecule has 1 rings (SSSR count). The van der Waals surface area contributed by atoms with Crippen LogP contribution in [-0.4, -0.2) is 11.3 Å². The van der Waals surface area contributed by atoms with E-state index in [4.69, 9.17) is 0 Å². The molecular formula is C11H15NO. The van der Waals surface area contributed by atoms with E-state index in [2.05, 4.69) is 11.1 Å². The molecule has 1 N–H and O–H groups in total. The van der Waals surface area contributed by atoms with Crippen LogP contribution in [0, 0.1) is 0 Å². The van der Waals surface area contributed by atoms with E-state index in [0.717, 1.165) is 24.0 Å². The quantitative estimate of drug-likeness (QED) is 0.646. The number of hydrogen-bond acceptors (Lipinski definition) is 2. The zero-order chi connectivity index (χ0) is 9.68. The zero-order valence-corrected chi connectivity index (χ0v) is 8.12. The van der Waals surface area contributed by atoms with Crippen molar-refractivity contribution in [2.75, 3.05) is 0 Å². The lowest BCUT2D eigenvalue weighted by Gasteiger charge is -2.08. The van der Waals surface area contributed by atoms with E-state index in [1.54, 1.807) is 18.5 Å². The van der Waals surface area contributed by atoms with Gasteiger partial charge in [-0.2, -0.15) is 0 Å². The summed E-state index contributed by atoms with van der Waals surface area (Å²) in [6.45, 7) is 3.88. The minimum absolute atomic E-state index is 0.464. The molecule has 0 saturated heterocycles. The second-order valence-electron chi connectivity index (χ2n) is 3.05. The summed E-state index contributed by atoms with van der Waals surface area (Å²) in [5, 5.41) is 9.31. The van der Waals surface area contributed by atoms with Crippen molar-refractivity contribution in [1.29, 1.82) is 0 Å². The van der Waals surface area contributed by atoms with Crippen LogP contribution in [-0.2, 0) is 0 Å². The molecule has 0 saturated carbocycles. The third-order valence-electron chi connectivity index (χ3n) is 1.96. The predicted molar refractivity (Wildman–Crippen MR) is 56.0 cm³/mol. The summed E-state index contributed by atoms with van der Waals surface area (Å²) in [6.07, 6.45) is 9.15. The highest BCUT2D eigenvalue weighted by atomic mass is 16.3. The van der Waals surface area contributed by atoms with Gasteiger partial charge in [0.15, 0.2) is 0 Å². The summed E-state index contributed by atoms with van der Waals surface area (Å²) in [5.74, 6) is 0.464. The molecular weight excluding hydrogens is 162 g/mol. The topological polar surface area (TPSA) is 32.6 Å². The zero-order valence-electron chi connectivity index (χ0n) is 8.12. The SMILES string of the molecule is CC=N/C=C(/C)C1=CCCC(O)=C1. The first kappa shape index (κ1) is 9.78. The monoisotopic (exact) mass is 177 g/mol. The van der Waals surface area contributed by atoms with Crippen molar-refractivity contribution in [1.82, 2.24) is 0 Å². The number of allylic oxidation sites excluding steroid dienone is 5. The molecule has 0 fully saturated rings. The van der Waals surface area contributed by atoms with Crippen LogP contribution in [0.1, 0.15) is 26.7 Å². The molecule has 2 heteroatoms. The summed E-state index contributed by atoms with van der Waals surface area (Å²) < 4.78 is 0. The Kier molecular flexibility index (Phi) is 3.50. The molecule has 0 atom stereocenters. The Morgan fingerprint density at radius 3 is 3.00 bits per heavy atom. The Morgan fingerprint density at radius 2 is 2.38 bits per heavy atom. The van der Waals surface area contributed by atoms with Gasteiger partial charge in [0.2, 0.25) is 0 Å².